The van der Waals surface area contributed by atoms with E-state index in [0.717, 1.165) is 10.4 Å². The summed E-state index contributed by atoms with van der Waals surface area (Å²) in [5, 5.41) is 0. The molecule has 1 aromatic carbocycles. The largest absolute Gasteiger partial charge is 0.327 e. The van der Waals surface area contributed by atoms with Gasteiger partial charge in [-0.3, -0.25) is 0 Å². The van der Waals surface area contributed by atoms with E-state index >= 15 is 0 Å². The standard InChI is InChI=1S/C12H15F3N2O2S/c1-7-6-17(5-4-9(7)16)20(18,19)10-3-2-8(13)11(14)12(10)15/h2-3,7,9H,4-6,16H2,1H3. The molecule has 0 amide bonds. The minimum absolute atomic E-state index is 0.0909. The predicted octanol–water partition coefficient (Wildman–Crippen LogP) is 1.46. The number of halogens is 3. The number of piperidine rings is 1. The second kappa shape index (κ2) is 5.34. The van der Waals surface area contributed by atoms with E-state index in [2.05, 4.69) is 0 Å². The van der Waals surface area contributed by atoms with E-state index in [4.69, 9.17) is 5.73 Å². The molecule has 0 radical (unpaired) electrons. The van der Waals surface area contributed by atoms with Crippen molar-refractivity contribution >= 4 is 10.0 Å². The van der Waals surface area contributed by atoms with Crippen LogP contribution < -0.4 is 5.73 Å². The van der Waals surface area contributed by atoms with Gasteiger partial charge in [-0.2, -0.15) is 4.31 Å². The molecule has 0 spiro atoms. The van der Waals surface area contributed by atoms with Gasteiger partial charge in [0.05, 0.1) is 0 Å². The molecule has 0 aromatic heterocycles. The summed E-state index contributed by atoms with van der Waals surface area (Å²) in [6.45, 7) is 2.04. The second-order valence-electron chi connectivity index (χ2n) is 4.97. The topological polar surface area (TPSA) is 63.4 Å². The van der Waals surface area contributed by atoms with Crippen LogP contribution in [-0.2, 0) is 10.0 Å². The van der Waals surface area contributed by atoms with Gasteiger partial charge in [-0.1, -0.05) is 6.92 Å². The zero-order chi connectivity index (χ0) is 15.1. The summed E-state index contributed by atoms with van der Waals surface area (Å²) in [6, 6.07) is 1.21. The number of nitrogens with two attached hydrogens (primary N) is 1. The van der Waals surface area contributed by atoms with Gasteiger partial charge in [-0.05, 0) is 24.5 Å². The maximum atomic E-state index is 13.6. The average molecular weight is 308 g/mol. The highest BCUT2D eigenvalue weighted by atomic mass is 32.2. The number of rotatable bonds is 2. The molecule has 2 rings (SSSR count). The number of sulfonamides is 1. The van der Waals surface area contributed by atoms with E-state index in [1.807, 2.05) is 0 Å². The van der Waals surface area contributed by atoms with Crippen molar-refractivity contribution in [3.63, 3.8) is 0 Å². The van der Waals surface area contributed by atoms with Gasteiger partial charge in [0.15, 0.2) is 17.5 Å². The van der Waals surface area contributed by atoms with Crippen LogP contribution in [0.3, 0.4) is 0 Å². The molecule has 1 aliphatic heterocycles. The second-order valence-corrected chi connectivity index (χ2v) is 6.87. The summed E-state index contributed by atoms with van der Waals surface area (Å²) in [5.41, 5.74) is 5.79. The fraction of sp³-hybridized carbons (Fsp3) is 0.500. The van der Waals surface area contributed by atoms with E-state index in [1.165, 1.54) is 0 Å². The third kappa shape index (κ3) is 2.55. The lowest BCUT2D eigenvalue weighted by Crippen LogP contribution is -2.48. The Kier molecular flexibility index (Phi) is 4.08. The van der Waals surface area contributed by atoms with Crippen molar-refractivity contribution in [3.8, 4) is 0 Å². The first-order chi connectivity index (χ1) is 9.25. The van der Waals surface area contributed by atoms with Crippen LogP contribution in [0, 0.1) is 23.4 Å². The highest BCUT2D eigenvalue weighted by Crippen LogP contribution is 2.26. The van der Waals surface area contributed by atoms with E-state index in [0.29, 0.717) is 12.5 Å². The Labute approximate surface area is 115 Å². The summed E-state index contributed by atoms with van der Waals surface area (Å²) >= 11 is 0. The zero-order valence-electron chi connectivity index (χ0n) is 10.8. The fourth-order valence-corrected chi connectivity index (χ4v) is 3.80. The molecule has 0 saturated carbocycles. The van der Waals surface area contributed by atoms with E-state index in [1.54, 1.807) is 6.92 Å². The molecule has 8 heteroatoms. The molecule has 0 aliphatic carbocycles. The van der Waals surface area contributed by atoms with E-state index in [-0.39, 0.29) is 25.0 Å². The van der Waals surface area contributed by atoms with Gasteiger partial charge in [-0.25, -0.2) is 21.6 Å². The SMILES string of the molecule is CC1CN(S(=O)(=O)c2ccc(F)c(F)c2F)CCC1N. The van der Waals surface area contributed by atoms with Gasteiger partial charge in [0.2, 0.25) is 10.0 Å². The summed E-state index contributed by atoms with van der Waals surface area (Å²) in [4.78, 5) is -0.848. The lowest BCUT2D eigenvalue weighted by molar-refractivity contribution is 0.249. The first-order valence-corrected chi connectivity index (χ1v) is 7.58. The molecule has 4 nitrogen and oxygen atoms in total. The summed E-state index contributed by atoms with van der Waals surface area (Å²) in [5.74, 6) is -4.98. The molecule has 1 aliphatic rings. The molecule has 1 heterocycles. The number of hydrogen-bond donors (Lipinski definition) is 1. The molecule has 1 aromatic rings. The molecule has 0 bridgehead atoms. The molecule has 1 fully saturated rings. The molecule has 20 heavy (non-hydrogen) atoms. The van der Waals surface area contributed by atoms with Crippen LogP contribution in [0.5, 0.6) is 0 Å². The third-order valence-corrected chi connectivity index (χ3v) is 5.43. The lowest BCUT2D eigenvalue weighted by atomic mass is 9.96. The molecular weight excluding hydrogens is 293 g/mol. The van der Waals surface area contributed by atoms with Crippen molar-refractivity contribution in [1.82, 2.24) is 4.31 Å². The minimum Gasteiger partial charge on any atom is -0.327 e. The van der Waals surface area contributed by atoms with Crippen LogP contribution in [0.25, 0.3) is 0 Å². The summed E-state index contributed by atoms with van der Waals surface area (Å²) in [7, 11) is -4.19. The first kappa shape index (κ1) is 15.3. The maximum absolute atomic E-state index is 13.6. The highest BCUT2D eigenvalue weighted by Gasteiger charge is 2.34. The van der Waals surface area contributed by atoms with Gasteiger partial charge in [0.1, 0.15) is 4.90 Å². The Morgan fingerprint density at radius 2 is 1.90 bits per heavy atom. The van der Waals surface area contributed by atoms with Crippen LogP contribution in [0.15, 0.2) is 17.0 Å². The lowest BCUT2D eigenvalue weighted by Gasteiger charge is -2.34. The highest BCUT2D eigenvalue weighted by molar-refractivity contribution is 7.89. The Morgan fingerprint density at radius 1 is 1.25 bits per heavy atom. The number of benzene rings is 1. The quantitative estimate of drug-likeness (QED) is 0.841. The van der Waals surface area contributed by atoms with Crippen molar-refractivity contribution in [3.05, 3.63) is 29.6 Å². The Hall–Kier alpha value is -1.12. The van der Waals surface area contributed by atoms with Crippen molar-refractivity contribution in [2.45, 2.75) is 24.3 Å². The third-order valence-electron chi connectivity index (χ3n) is 3.55. The van der Waals surface area contributed by atoms with E-state index < -0.39 is 32.4 Å². The van der Waals surface area contributed by atoms with Crippen LogP contribution in [0.1, 0.15) is 13.3 Å². The Bertz CT molecular complexity index is 621. The van der Waals surface area contributed by atoms with Crippen LogP contribution >= 0.6 is 0 Å². The van der Waals surface area contributed by atoms with Crippen molar-refractivity contribution < 1.29 is 21.6 Å². The van der Waals surface area contributed by atoms with Gasteiger partial charge in [0.25, 0.3) is 0 Å². The molecule has 1 saturated heterocycles. The van der Waals surface area contributed by atoms with Crippen molar-refractivity contribution in [2.75, 3.05) is 13.1 Å². The molecular formula is C12H15F3N2O2S. The van der Waals surface area contributed by atoms with Gasteiger partial charge < -0.3 is 5.73 Å². The fourth-order valence-electron chi connectivity index (χ4n) is 2.19. The molecule has 2 N–H and O–H groups in total. The number of hydrogen-bond acceptors (Lipinski definition) is 3. The first-order valence-electron chi connectivity index (χ1n) is 6.14. The van der Waals surface area contributed by atoms with E-state index in [9.17, 15) is 21.6 Å². The number of nitrogens with zero attached hydrogens (tertiary/aromatic N) is 1. The Morgan fingerprint density at radius 3 is 2.50 bits per heavy atom. The van der Waals surface area contributed by atoms with Crippen LogP contribution in [-0.4, -0.2) is 31.9 Å². The summed E-state index contributed by atoms with van der Waals surface area (Å²) in [6.07, 6.45) is 0.436. The Balaban J connectivity index is 2.39. The van der Waals surface area contributed by atoms with Crippen molar-refractivity contribution in [2.24, 2.45) is 11.7 Å². The smallest absolute Gasteiger partial charge is 0.246 e. The maximum Gasteiger partial charge on any atom is 0.246 e. The zero-order valence-corrected chi connectivity index (χ0v) is 11.6. The van der Waals surface area contributed by atoms with Gasteiger partial charge >= 0.3 is 0 Å². The van der Waals surface area contributed by atoms with Crippen molar-refractivity contribution in [1.29, 1.82) is 0 Å². The van der Waals surface area contributed by atoms with Gasteiger partial charge in [0, 0.05) is 19.1 Å². The minimum atomic E-state index is -4.19. The predicted molar refractivity (Wildman–Crippen MR) is 66.8 cm³/mol. The summed E-state index contributed by atoms with van der Waals surface area (Å²) < 4.78 is 65.3. The molecule has 2 unspecified atom stereocenters. The molecule has 112 valence electrons. The van der Waals surface area contributed by atoms with Gasteiger partial charge in [-0.15, -0.1) is 0 Å². The molecule has 2 atom stereocenters. The monoisotopic (exact) mass is 308 g/mol. The average Bonchev–Trinajstić information content (AvgIpc) is 2.38. The van der Waals surface area contributed by atoms with Crippen LogP contribution in [0.4, 0.5) is 13.2 Å². The van der Waals surface area contributed by atoms with Crippen LogP contribution in [0.2, 0.25) is 0 Å². The normalized spacial score (nSPS) is 24.9.